The molecule has 4 heteroatoms. The Morgan fingerprint density at radius 2 is 2.41 bits per heavy atom. The van der Waals surface area contributed by atoms with E-state index in [9.17, 15) is 4.79 Å². The maximum atomic E-state index is 11.7. The summed E-state index contributed by atoms with van der Waals surface area (Å²) < 4.78 is 5.33. The molecular formula is C13H22N2O2. The van der Waals surface area contributed by atoms with Crippen LogP contribution in [0.15, 0.2) is 12.2 Å². The third kappa shape index (κ3) is 4.48. The zero-order valence-electron chi connectivity index (χ0n) is 10.3. The molecule has 2 atom stereocenters. The summed E-state index contributed by atoms with van der Waals surface area (Å²) in [5.41, 5.74) is 0. The summed E-state index contributed by atoms with van der Waals surface area (Å²) in [6.45, 7) is 3.08. The molecular weight excluding hydrogens is 216 g/mol. The molecule has 1 saturated heterocycles. The van der Waals surface area contributed by atoms with Gasteiger partial charge in [-0.15, -0.1) is 0 Å². The molecule has 0 spiro atoms. The Hall–Kier alpha value is -0.870. The van der Waals surface area contributed by atoms with Gasteiger partial charge in [-0.3, -0.25) is 4.79 Å². The van der Waals surface area contributed by atoms with Gasteiger partial charge in [0.15, 0.2) is 0 Å². The van der Waals surface area contributed by atoms with Gasteiger partial charge in [-0.1, -0.05) is 12.2 Å². The van der Waals surface area contributed by atoms with Crippen molar-refractivity contribution in [2.24, 2.45) is 5.92 Å². The predicted molar refractivity (Wildman–Crippen MR) is 66.7 cm³/mol. The van der Waals surface area contributed by atoms with Crippen molar-refractivity contribution in [3.8, 4) is 0 Å². The molecule has 2 unspecified atom stereocenters. The first-order valence-corrected chi connectivity index (χ1v) is 6.57. The molecule has 1 aliphatic carbocycles. The van der Waals surface area contributed by atoms with Crippen molar-refractivity contribution < 1.29 is 9.53 Å². The number of amides is 1. The second kappa shape index (κ2) is 6.77. The minimum absolute atomic E-state index is 0.141. The standard InChI is InChI=1S/C13H22N2O2/c16-13(8-12-10-17-7-6-14-12)15-9-11-4-2-1-3-5-11/h1-2,11-12,14H,3-10H2,(H,15,16). The van der Waals surface area contributed by atoms with Crippen molar-refractivity contribution in [3.05, 3.63) is 12.2 Å². The first-order valence-electron chi connectivity index (χ1n) is 6.57. The van der Waals surface area contributed by atoms with Crippen molar-refractivity contribution in [1.82, 2.24) is 10.6 Å². The van der Waals surface area contributed by atoms with Crippen LogP contribution in [0.2, 0.25) is 0 Å². The van der Waals surface area contributed by atoms with E-state index in [0.717, 1.165) is 32.5 Å². The SMILES string of the molecule is O=C(CC1COCCN1)NCC1CC=CCC1. The van der Waals surface area contributed by atoms with Crippen LogP contribution in [-0.2, 0) is 9.53 Å². The Bertz CT molecular complexity index is 273. The summed E-state index contributed by atoms with van der Waals surface area (Å²) in [5, 5.41) is 6.32. The van der Waals surface area contributed by atoms with Gasteiger partial charge >= 0.3 is 0 Å². The fraction of sp³-hybridized carbons (Fsp3) is 0.769. The average Bonchev–Trinajstić information content (AvgIpc) is 2.39. The highest BCUT2D eigenvalue weighted by Gasteiger charge is 2.17. The highest BCUT2D eigenvalue weighted by Crippen LogP contribution is 2.16. The third-order valence-electron chi connectivity index (χ3n) is 3.40. The van der Waals surface area contributed by atoms with Crippen LogP contribution in [-0.4, -0.2) is 38.3 Å². The number of morpholine rings is 1. The van der Waals surface area contributed by atoms with Crippen molar-refractivity contribution in [2.45, 2.75) is 31.7 Å². The van der Waals surface area contributed by atoms with Gasteiger partial charge in [-0.2, -0.15) is 0 Å². The van der Waals surface area contributed by atoms with Crippen molar-refractivity contribution in [1.29, 1.82) is 0 Å². The number of hydrogen-bond donors (Lipinski definition) is 2. The molecule has 2 rings (SSSR count). The second-order valence-electron chi connectivity index (χ2n) is 4.88. The molecule has 1 amide bonds. The Kier molecular flexibility index (Phi) is 5.01. The van der Waals surface area contributed by atoms with E-state index in [1.54, 1.807) is 0 Å². The fourth-order valence-corrected chi connectivity index (χ4v) is 2.35. The molecule has 0 radical (unpaired) electrons. The quantitative estimate of drug-likeness (QED) is 0.714. The molecule has 0 aromatic rings. The van der Waals surface area contributed by atoms with Crippen molar-refractivity contribution >= 4 is 5.91 Å². The van der Waals surface area contributed by atoms with E-state index in [4.69, 9.17) is 4.74 Å². The highest BCUT2D eigenvalue weighted by molar-refractivity contribution is 5.76. The molecule has 2 N–H and O–H groups in total. The zero-order chi connectivity index (χ0) is 11.9. The molecule has 0 bridgehead atoms. The van der Waals surface area contributed by atoms with E-state index < -0.39 is 0 Å². The van der Waals surface area contributed by atoms with Gasteiger partial charge in [0.05, 0.1) is 13.2 Å². The summed E-state index contributed by atoms with van der Waals surface area (Å²) >= 11 is 0. The van der Waals surface area contributed by atoms with E-state index in [0.29, 0.717) is 18.9 Å². The van der Waals surface area contributed by atoms with Crippen LogP contribution in [0.3, 0.4) is 0 Å². The number of ether oxygens (including phenoxy) is 1. The van der Waals surface area contributed by atoms with E-state index in [-0.39, 0.29) is 11.9 Å². The van der Waals surface area contributed by atoms with E-state index in [1.165, 1.54) is 6.42 Å². The Labute approximate surface area is 103 Å². The highest BCUT2D eigenvalue weighted by atomic mass is 16.5. The summed E-state index contributed by atoms with van der Waals surface area (Å²) in [4.78, 5) is 11.7. The van der Waals surface area contributed by atoms with Gasteiger partial charge in [-0.25, -0.2) is 0 Å². The number of nitrogens with one attached hydrogen (secondary N) is 2. The Morgan fingerprint density at radius 1 is 1.47 bits per heavy atom. The van der Waals surface area contributed by atoms with Crippen LogP contribution in [0.4, 0.5) is 0 Å². The van der Waals surface area contributed by atoms with Crippen LogP contribution in [0.1, 0.15) is 25.7 Å². The maximum Gasteiger partial charge on any atom is 0.221 e. The lowest BCUT2D eigenvalue weighted by Crippen LogP contribution is -2.44. The van der Waals surface area contributed by atoms with Gasteiger partial charge < -0.3 is 15.4 Å². The first kappa shape index (κ1) is 12.6. The molecule has 0 aromatic carbocycles. The lowest BCUT2D eigenvalue weighted by Gasteiger charge is -2.24. The normalized spacial score (nSPS) is 28.9. The lowest BCUT2D eigenvalue weighted by molar-refractivity contribution is -0.122. The van der Waals surface area contributed by atoms with Crippen LogP contribution < -0.4 is 10.6 Å². The van der Waals surface area contributed by atoms with Crippen molar-refractivity contribution in [3.63, 3.8) is 0 Å². The molecule has 0 saturated carbocycles. The summed E-state index contributed by atoms with van der Waals surface area (Å²) in [7, 11) is 0. The van der Waals surface area contributed by atoms with Gasteiger partial charge in [0, 0.05) is 25.6 Å². The largest absolute Gasteiger partial charge is 0.378 e. The first-order chi connectivity index (χ1) is 8.34. The zero-order valence-corrected chi connectivity index (χ0v) is 10.3. The summed E-state index contributed by atoms with van der Waals surface area (Å²) in [6.07, 6.45) is 8.42. The van der Waals surface area contributed by atoms with E-state index >= 15 is 0 Å². The van der Waals surface area contributed by atoms with E-state index in [1.807, 2.05) is 0 Å². The summed E-state index contributed by atoms with van der Waals surface area (Å²) in [6, 6.07) is 0.190. The van der Waals surface area contributed by atoms with Crippen LogP contribution in [0, 0.1) is 5.92 Å². The molecule has 96 valence electrons. The van der Waals surface area contributed by atoms with Crippen LogP contribution >= 0.6 is 0 Å². The fourth-order valence-electron chi connectivity index (χ4n) is 2.35. The van der Waals surface area contributed by atoms with Crippen molar-refractivity contribution in [2.75, 3.05) is 26.3 Å². The second-order valence-corrected chi connectivity index (χ2v) is 4.88. The molecule has 17 heavy (non-hydrogen) atoms. The van der Waals surface area contributed by atoms with E-state index in [2.05, 4.69) is 22.8 Å². The molecule has 4 nitrogen and oxygen atoms in total. The minimum Gasteiger partial charge on any atom is -0.378 e. The Morgan fingerprint density at radius 3 is 3.12 bits per heavy atom. The molecule has 0 aromatic heterocycles. The van der Waals surface area contributed by atoms with Gasteiger partial charge in [0.2, 0.25) is 5.91 Å². The smallest absolute Gasteiger partial charge is 0.221 e. The molecule has 1 aliphatic heterocycles. The molecule has 1 heterocycles. The molecule has 2 aliphatic rings. The lowest BCUT2D eigenvalue weighted by atomic mass is 9.94. The number of hydrogen-bond acceptors (Lipinski definition) is 3. The van der Waals surface area contributed by atoms with Crippen LogP contribution in [0.25, 0.3) is 0 Å². The van der Waals surface area contributed by atoms with Gasteiger partial charge in [0.1, 0.15) is 0 Å². The van der Waals surface area contributed by atoms with Crippen LogP contribution in [0.5, 0.6) is 0 Å². The monoisotopic (exact) mass is 238 g/mol. The molecule has 1 fully saturated rings. The Balaban J connectivity index is 1.61. The van der Waals surface area contributed by atoms with Gasteiger partial charge in [0.25, 0.3) is 0 Å². The number of rotatable bonds is 4. The summed E-state index contributed by atoms with van der Waals surface area (Å²) in [5.74, 6) is 0.766. The topological polar surface area (TPSA) is 50.4 Å². The average molecular weight is 238 g/mol. The number of carbonyl (C=O) groups is 1. The maximum absolute atomic E-state index is 11.7. The minimum atomic E-state index is 0.141. The number of allylic oxidation sites excluding steroid dienone is 2. The predicted octanol–water partition coefficient (Wildman–Crippen LogP) is 0.837. The third-order valence-corrected chi connectivity index (χ3v) is 3.40. The van der Waals surface area contributed by atoms with Gasteiger partial charge in [-0.05, 0) is 25.2 Å². The number of carbonyl (C=O) groups excluding carboxylic acids is 1.